The summed E-state index contributed by atoms with van der Waals surface area (Å²) >= 11 is 0. The zero-order valence-electron chi connectivity index (χ0n) is 7.90. The van der Waals surface area contributed by atoms with Crippen molar-refractivity contribution in [2.75, 3.05) is 13.1 Å². The summed E-state index contributed by atoms with van der Waals surface area (Å²) in [5, 5.41) is 3.22. The highest BCUT2D eigenvalue weighted by atomic mass is 16.5. The second-order valence-corrected chi connectivity index (χ2v) is 3.39. The average Bonchev–Trinajstić information content (AvgIpc) is 2.71. The zero-order chi connectivity index (χ0) is 9.80. The second kappa shape index (κ2) is 4.24. The van der Waals surface area contributed by atoms with E-state index in [-0.39, 0.29) is 6.10 Å². The molecular formula is C11H13NO2. The molecule has 2 rings (SSSR count). The number of hydrogen-bond acceptors (Lipinski definition) is 3. The highest BCUT2D eigenvalue weighted by Crippen LogP contribution is 2.18. The van der Waals surface area contributed by atoms with Gasteiger partial charge in [-0.15, -0.1) is 0 Å². The molecule has 1 aromatic carbocycles. The van der Waals surface area contributed by atoms with Crippen molar-refractivity contribution in [2.45, 2.75) is 12.5 Å². The van der Waals surface area contributed by atoms with Crippen molar-refractivity contribution >= 4 is 6.29 Å². The maximum absolute atomic E-state index is 10.7. The number of carbonyl (C=O) groups is 1. The van der Waals surface area contributed by atoms with Crippen molar-refractivity contribution in [1.82, 2.24) is 5.32 Å². The number of benzene rings is 1. The number of para-hydroxylation sites is 1. The van der Waals surface area contributed by atoms with Crippen LogP contribution in [0.15, 0.2) is 24.3 Å². The van der Waals surface area contributed by atoms with E-state index < -0.39 is 0 Å². The van der Waals surface area contributed by atoms with E-state index in [9.17, 15) is 4.79 Å². The Balaban J connectivity index is 2.10. The summed E-state index contributed by atoms with van der Waals surface area (Å²) in [5.41, 5.74) is 0.624. The third-order valence-electron chi connectivity index (χ3n) is 2.35. The van der Waals surface area contributed by atoms with Crippen LogP contribution in [-0.4, -0.2) is 25.5 Å². The molecule has 3 nitrogen and oxygen atoms in total. The Hall–Kier alpha value is -1.35. The Bertz CT molecular complexity index is 319. The zero-order valence-corrected chi connectivity index (χ0v) is 7.90. The minimum absolute atomic E-state index is 0.205. The highest BCUT2D eigenvalue weighted by Gasteiger charge is 2.16. The third kappa shape index (κ3) is 1.93. The van der Waals surface area contributed by atoms with E-state index in [2.05, 4.69) is 5.32 Å². The quantitative estimate of drug-likeness (QED) is 0.730. The minimum atomic E-state index is 0.205. The van der Waals surface area contributed by atoms with Crippen LogP contribution in [0.3, 0.4) is 0 Å². The summed E-state index contributed by atoms with van der Waals surface area (Å²) in [6.07, 6.45) is 2.04. The van der Waals surface area contributed by atoms with E-state index in [1.54, 1.807) is 6.07 Å². The van der Waals surface area contributed by atoms with Gasteiger partial charge in [0, 0.05) is 6.54 Å². The molecule has 1 heterocycles. The molecule has 1 aliphatic rings. The molecule has 1 unspecified atom stereocenters. The molecule has 0 spiro atoms. The topological polar surface area (TPSA) is 38.3 Å². The summed E-state index contributed by atoms with van der Waals surface area (Å²) in [6.45, 7) is 1.86. The van der Waals surface area contributed by atoms with Crippen molar-refractivity contribution < 1.29 is 9.53 Å². The molecule has 1 aromatic rings. The molecule has 1 saturated heterocycles. The van der Waals surface area contributed by atoms with Crippen molar-refractivity contribution in [2.24, 2.45) is 0 Å². The van der Waals surface area contributed by atoms with Gasteiger partial charge in [0.2, 0.25) is 0 Å². The SMILES string of the molecule is O=Cc1ccccc1OC1CCNC1. The van der Waals surface area contributed by atoms with E-state index in [4.69, 9.17) is 4.74 Å². The van der Waals surface area contributed by atoms with Crippen LogP contribution in [0.4, 0.5) is 0 Å². The Morgan fingerprint density at radius 2 is 2.29 bits per heavy atom. The van der Waals surface area contributed by atoms with E-state index in [1.165, 1.54) is 0 Å². The van der Waals surface area contributed by atoms with Gasteiger partial charge in [0.15, 0.2) is 6.29 Å². The molecule has 1 N–H and O–H groups in total. The molecule has 74 valence electrons. The fourth-order valence-electron chi connectivity index (χ4n) is 1.59. The van der Waals surface area contributed by atoms with Crippen molar-refractivity contribution in [3.05, 3.63) is 29.8 Å². The summed E-state index contributed by atoms with van der Waals surface area (Å²) in [6, 6.07) is 7.32. The summed E-state index contributed by atoms with van der Waals surface area (Å²) in [5.74, 6) is 0.691. The maximum Gasteiger partial charge on any atom is 0.153 e. The number of nitrogens with one attached hydrogen (secondary N) is 1. The fourth-order valence-corrected chi connectivity index (χ4v) is 1.59. The summed E-state index contributed by atoms with van der Waals surface area (Å²) in [4.78, 5) is 10.7. The molecule has 1 aliphatic heterocycles. The highest BCUT2D eigenvalue weighted by molar-refractivity contribution is 5.79. The van der Waals surface area contributed by atoms with Crippen LogP contribution in [-0.2, 0) is 0 Å². The van der Waals surface area contributed by atoms with Crippen LogP contribution in [0.2, 0.25) is 0 Å². The predicted molar refractivity (Wildman–Crippen MR) is 53.7 cm³/mol. The molecule has 1 fully saturated rings. The molecule has 0 bridgehead atoms. The minimum Gasteiger partial charge on any atom is -0.488 e. The van der Waals surface area contributed by atoms with Crippen LogP contribution in [0.25, 0.3) is 0 Å². The van der Waals surface area contributed by atoms with Gasteiger partial charge in [-0.1, -0.05) is 12.1 Å². The Morgan fingerprint density at radius 1 is 1.43 bits per heavy atom. The monoisotopic (exact) mass is 191 g/mol. The van der Waals surface area contributed by atoms with Crippen LogP contribution >= 0.6 is 0 Å². The summed E-state index contributed by atoms with van der Waals surface area (Å²) < 4.78 is 5.70. The molecule has 0 aromatic heterocycles. The number of aldehydes is 1. The van der Waals surface area contributed by atoms with E-state index >= 15 is 0 Å². The number of ether oxygens (including phenoxy) is 1. The number of carbonyl (C=O) groups excluding carboxylic acids is 1. The van der Waals surface area contributed by atoms with Crippen LogP contribution in [0, 0.1) is 0 Å². The second-order valence-electron chi connectivity index (χ2n) is 3.39. The average molecular weight is 191 g/mol. The van der Waals surface area contributed by atoms with E-state index in [0.717, 1.165) is 25.8 Å². The van der Waals surface area contributed by atoms with Gasteiger partial charge in [0.25, 0.3) is 0 Å². The van der Waals surface area contributed by atoms with Gasteiger partial charge in [0.1, 0.15) is 11.9 Å². The van der Waals surface area contributed by atoms with Crippen molar-refractivity contribution in [1.29, 1.82) is 0 Å². The molecule has 3 heteroatoms. The number of hydrogen-bond donors (Lipinski definition) is 1. The van der Waals surface area contributed by atoms with Gasteiger partial charge in [0.05, 0.1) is 5.56 Å². The molecular weight excluding hydrogens is 178 g/mol. The maximum atomic E-state index is 10.7. The number of rotatable bonds is 3. The van der Waals surface area contributed by atoms with Crippen molar-refractivity contribution in [3.63, 3.8) is 0 Å². The molecule has 0 aliphatic carbocycles. The van der Waals surface area contributed by atoms with Crippen molar-refractivity contribution in [3.8, 4) is 5.75 Å². The lowest BCUT2D eigenvalue weighted by atomic mass is 10.2. The van der Waals surface area contributed by atoms with Gasteiger partial charge >= 0.3 is 0 Å². The molecule has 0 amide bonds. The first-order chi connectivity index (χ1) is 6.90. The Morgan fingerprint density at radius 3 is 3.00 bits per heavy atom. The molecule has 0 radical (unpaired) electrons. The first-order valence-corrected chi connectivity index (χ1v) is 4.82. The first kappa shape index (κ1) is 9.21. The Kier molecular flexibility index (Phi) is 2.79. The van der Waals surface area contributed by atoms with Gasteiger partial charge in [-0.2, -0.15) is 0 Å². The lowest BCUT2D eigenvalue weighted by Crippen LogP contribution is -2.20. The first-order valence-electron chi connectivity index (χ1n) is 4.82. The third-order valence-corrected chi connectivity index (χ3v) is 2.35. The Labute approximate surface area is 83.1 Å². The van der Waals surface area contributed by atoms with Gasteiger partial charge in [-0.25, -0.2) is 0 Å². The standard InChI is InChI=1S/C11H13NO2/c13-8-9-3-1-2-4-11(9)14-10-5-6-12-7-10/h1-4,8,10,12H,5-7H2. The van der Waals surface area contributed by atoms with E-state index in [1.807, 2.05) is 18.2 Å². The normalized spacial score (nSPS) is 20.7. The van der Waals surface area contributed by atoms with Crippen LogP contribution in [0.5, 0.6) is 5.75 Å². The van der Waals surface area contributed by atoms with E-state index in [0.29, 0.717) is 11.3 Å². The largest absolute Gasteiger partial charge is 0.488 e. The lowest BCUT2D eigenvalue weighted by molar-refractivity contribution is 0.111. The van der Waals surface area contributed by atoms with Gasteiger partial charge < -0.3 is 10.1 Å². The molecule has 0 saturated carbocycles. The predicted octanol–water partition coefficient (Wildman–Crippen LogP) is 1.24. The van der Waals surface area contributed by atoms with Crippen LogP contribution in [0.1, 0.15) is 16.8 Å². The van der Waals surface area contributed by atoms with Crippen LogP contribution < -0.4 is 10.1 Å². The van der Waals surface area contributed by atoms with Gasteiger partial charge in [-0.3, -0.25) is 4.79 Å². The lowest BCUT2D eigenvalue weighted by Gasteiger charge is -2.13. The molecule has 1 atom stereocenters. The fraction of sp³-hybridized carbons (Fsp3) is 0.364. The van der Waals surface area contributed by atoms with Gasteiger partial charge in [-0.05, 0) is 25.1 Å². The summed E-state index contributed by atoms with van der Waals surface area (Å²) in [7, 11) is 0. The smallest absolute Gasteiger partial charge is 0.153 e. The molecule has 14 heavy (non-hydrogen) atoms.